The molecule has 0 saturated heterocycles. The molecule has 0 aliphatic carbocycles. The van der Waals surface area contributed by atoms with Gasteiger partial charge in [0.2, 0.25) is 0 Å². The minimum atomic E-state index is -2.18. The number of alkyl halides is 1. The monoisotopic (exact) mass is 438 g/mol. The molecule has 1 N–H and O–H groups in total. The fraction of sp³-hybridized carbons (Fsp3) is 0.375. The van der Waals surface area contributed by atoms with Gasteiger partial charge in [0.25, 0.3) is 5.56 Å². The van der Waals surface area contributed by atoms with Gasteiger partial charge in [-0.1, -0.05) is 6.92 Å². The van der Waals surface area contributed by atoms with Gasteiger partial charge in [-0.25, -0.2) is 9.78 Å². The lowest BCUT2D eigenvalue weighted by molar-refractivity contribution is -0.173. The largest absolute Gasteiger partial charge is 0.494 e. The number of benzene rings is 1. The predicted molar refractivity (Wildman–Crippen MR) is 115 cm³/mol. The lowest BCUT2D eigenvalue weighted by Gasteiger charge is -2.31. The Hall–Kier alpha value is -3.26. The van der Waals surface area contributed by atoms with Crippen LogP contribution in [-0.2, 0) is 34.7 Å². The van der Waals surface area contributed by atoms with Crippen molar-refractivity contribution in [1.29, 1.82) is 0 Å². The lowest BCUT2D eigenvalue weighted by Crippen LogP contribution is -2.45. The third kappa shape index (κ3) is 2.79. The molecule has 1 atom stereocenters. The van der Waals surface area contributed by atoms with Crippen LogP contribution < -0.4 is 10.3 Å². The van der Waals surface area contributed by atoms with Crippen LogP contribution >= 0.6 is 0 Å². The number of ether oxygens (including phenoxy) is 2. The van der Waals surface area contributed by atoms with Gasteiger partial charge in [0.15, 0.2) is 5.60 Å². The molecule has 4 heterocycles. The Balaban J connectivity index is 1.76. The van der Waals surface area contributed by atoms with E-state index in [0.29, 0.717) is 24.5 Å². The summed E-state index contributed by atoms with van der Waals surface area (Å²) < 4.78 is 25.5. The summed E-state index contributed by atoms with van der Waals surface area (Å²) in [6, 6.07) is 7.31. The molecule has 2 aliphatic heterocycles. The maximum Gasteiger partial charge on any atom is 0.343 e. The Morgan fingerprint density at radius 2 is 2.06 bits per heavy atom. The molecule has 1 aromatic carbocycles. The van der Waals surface area contributed by atoms with E-state index >= 15 is 0 Å². The summed E-state index contributed by atoms with van der Waals surface area (Å²) >= 11 is 0. The topological polar surface area (TPSA) is 90.7 Å². The summed E-state index contributed by atoms with van der Waals surface area (Å²) in [6.07, 6.45) is 0.257. The molecule has 0 spiro atoms. The average molecular weight is 438 g/mol. The van der Waals surface area contributed by atoms with Crippen molar-refractivity contribution in [2.75, 3.05) is 13.3 Å². The summed E-state index contributed by atoms with van der Waals surface area (Å²) in [5.74, 6) is -0.180. The predicted octanol–water partition coefficient (Wildman–Crippen LogP) is 2.99. The first-order chi connectivity index (χ1) is 15.4. The number of aliphatic hydroxyl groups is 1. The fourth-order valence-electron chi connectivity index (χ4n) is 4.84. The van der Waals surface area contributed by atoms with Crippen molar-refractivity contribution in [2.45, 2.75) is 45.4 Å². The van der Waals surface area contributed by atoms with E-state index in [1.165, 1.54) is 0 Å². The Kier molecular flexibility index (Phi) is 4.78. The molecule has 8 heteroatoms. The molecule has 0 unspecified atom stereocenters. The van der Waals surface area contributed by atoms with E-state index in [2.05, 4.69) is 0 Å². The molecule has 32 heavy (non-hydrogen) atoms. The van der Waals surface area contributed by atoms with E-state index in [0.717, 1.165) is 34.2 Å². The van der Waals surface area contributed by atoms with Gasteiger partial charge in [-0.05, 0) is 43.2 Å². The van der Waals surface area contributed by atoms with Crippen molar-refractivity contribution in [1.82, 2.24) is 9.55 Å². The summed E-state index contributed by atoms with van der Waals surface area (Å²) in [6.45, 7) is 3.69. The maximum absolute atomic E-state index is 13.3. The van der Waals surface area contributed by atoms with Crippen LogP contribution in [0.3, 0.4) is 0 Å². The van der Waals surface area contributed by atoms with Crippen LogP contribution in [0.25, 0.3) is 22.3 Å². The zero-order valence-corrected chi connectivity index (χ0v) is 17.9. The van der Waals surface area contributed by atoms with E-state index in [4.69, 9.17) is 14.5 Å². The van der Waals surface area contributed by atoms with Crippen molar-refractivity contribution in [3.63, 3.8) is 0 Å². The van der Waals surface area contributed by atoms with Gasteiger partial charge in [0, 0.05) is 22.9 Å². The third-order valence-electron chi connectivity index (χ3n) is 6.39. The first-order valence-corrected chi connectivity index (χ1v) is 10.7. The van der Waals surface area contributed by atoms with Gasteiger partial charge in [0.1, 0.15) is 12.4 Å². The Morgan fingerprint density at radius 1 is 1.25 bits per heavy atom. The number of fused-ring (bicyclic) bond motifs is 5. The number of pyridine rings is 2. The molecule has 0 radical (unpaired) electrons. The first kappa shape index (κ1) is 20.6. The first-order valence-electron chi connectivity index (χ1n) is 10.7. The highest BCUT2D eigenvalue weighted by atomic mass is 19.1. The number of nitrogens with zero attached hydrogens (tertiary/aromatic N) is 2. The van der Waals surface area contributed by atoms with Gasteiger partial charge < -0.3 is 19.1 Å². The Morgan fingerprint density at radius 3 is 2.78 bits per heavy atom. The standard InChI is InChI=1S/C24H23FN2O5/c1-3-14-15-9-13(31-4-2)5-6-19(15)26-21-16(14)11-27-20(21)10-18-17(22(27)28)12-32-23(29)24(18,30)7-8-25/h5-6,9-10,30H,3-4,7-8,11-12H2,1-2H3/t24-/m0/s1. The van der Waals surface area contributed by atoms with Crippen LogP contribution in [-0.4, -0.2) is 33.9 Å². The molecular weight excluding hydrogens is 415 g/mol. The van der Waals surface area contributed by atoms with Gasteiger partial charge >= 0.3 is 5.97 Å². The molecule has 2 aliphatic rings. The number of aryl methyl sites for hydroxylation is 1. The average Bonchev–Trinajstić information content (AvgIpc) is 3.14. The van der Waals surface area contributed by atoms with Gasteiger partial charge in [-0.2, -0.15) is 0 Å². The second-order valence-corrected chi connectivity index (χ2v) is 8.07. The van der Waals surface area contributed by atoms with Gasteiger partial charge in [0.05, 0.1) is 42.3 Å². The van der Waals surface area contributed by atoms with Crippen molar-refractivity contribution < 1.29 is 23.8 Å². The van der Waals surface area contributed by atoms with Crippen LogP contribution in [0.1, 0.15) is 42.5 Å². The summed E-state index contributed by atoms with van der Waals surface area (Å²) in [7, 11) is 0. The molecule has 0 amide bonds. The second-order valence-electron chi connectivity index (χ2n) is 8.07. The third-order valence-corrected chi connectivity index (χ3v) is 6.39. The highest BCUT2D eigenvalue weighted by Crippen LogP contribution is 2.40. The van der Waals surface area contributed by atoms with Crippen molar-refractivity contribution in [2.24, 2.45) is 0 Å². The number of halogens is 1. The number of carbonyl (C=O) groups is 1. The van der Waals surface area contributed by atoms with Gasteiger partial charge in [-0.15, -0.1) is 0 Å². The molecule has 0 saturated carbocycles. The van der Waals surface area contributed by atoms with E-state index in [1.54, 1.807) is 10.6 Å². The fourth-order valence-corrected chi connectivity index (χ4v) is 4.84. The maximum atomic E-state index is 13.3. The smallest absolute Gasteiger partial charge is 0.343 e. The van der Waals surface area contributed by atoms with Crippen LogP contribution in [0.15, 0.2) is 29.1 Å². The number of aromatic nitrogens is 2. The lowest BCUT2D eigenvalue weighted by atomic mass is 9.85. The van der Waals surface area contributed by atoms with E-state index < -0.39 is 24.7 Å². The molecule has 7 nitrogen and oxygen atoms in total. The minimum absolute atomic E-state index is 0.113. The molecule has 2 aromatic heterocycles. The number of esters is 1. The number of rotatable bonds is 5. The molecule has 0 fully saturated rings. The minimum Gasteiger partial charge on any atom is -0.494 e. The SMILES string of the molecule is CCOc1ccc2nc3c(c(CC)c2c1)Cn1c-3cc2c(c1=O)COC(=O)[C@]2(O)CCF. The number of carbonyl (C=O) groups excluding carboxylic acids is 1. The van der Waals surface area contributed by atoms with Gasteiger partial charge in [-0.3, -0.25) is 9.18 Å². The molecule has 5 rings (SSSR count). The zero-order valence-electron chi connectivity index (χ0n) is 17.9. The van der Waals surface area contributed by atoms with Crippen LogP contribution in [0.4, 0.5) is 4.39 Å². The zero-order chi connectivity index (χ0) is 22.6. The number of cyclic esters (lactones) is 1. The highest BCUT2D eigenvalue weighted by Gasteiger charge is 2.46. The summed E-state index contributed by atoms with van der Waals surface area (Å²) in [4.78, 5) is 30.5. The quantitative estimate of drug-likeness (QED) is 0.482. The van der Waals surface area contributed by atoms with Crippen LogP contribution in [0, 0.1) is 0 Å². The van der Waals surface area contributed by atoms with Crippen molar-refractivity contribution in [3.05, 3.63) is 56.9 Å². The molecule has 3 aromatic rings. The normalized spacial score (nSPS) is 18.8. The van der Waals surface area contributed by atoms with E-state index in [1.807, 2.05) is 32.0 Å². The highest BCUT2D eigenvalue weighted by molar-refractivity contribution is 5.90. The van der Waals surface area contributed by atoms with Crippen molar-refractivity contribution in [3.8, 4) is 17.1 Å². The van der Waals surface area contributed by atoms with Crippen molar-refractivity contribution >= 4 is 16.9 Å². The van der Waals surface area contributed by atoms with E-state index in [9.17, 15) is 19.1 Å². The molecule has 166 valence electrons. The summed E-state index contributed by atoms with van der Waals surface area (Å²) in [5.41, 5.74) is 1.66. The molecular formula is C24H23FN2O5. The second kappa shape index (κ2) is 7.41. The van der Waals surface area contributed by atoms with E-state index in [-0.39, 0.29) is 23.3 Å². The Bertz CT molecular complexity index is 1330. The number of hydrogen-bond donors (Lipinski definition) is 1. The van der Waals surface area contributed by atoms with Crippen LogP contribution in [0.5, 0.6) is 5.75 Å². The molecule has 0 bridgehead atoms. The number of hydrogen-bond acceptors (Lipinski definition) is 6. The summed E-state index contributed by atoms with van der Waals surface area (Å²) in [5, 5.41) is 11.9. The van der Waals surface area contributed by atoms with Crippen LogP contribution in [0.2, 0.25) is 0 Å². The Labute approximate surface area is 183 Å².